The molecule has 1 heterocycles. The Balaban J connectivity index is 3.69. The van der Waals surface area contributed by atoms with E-state index >= 15 is 0 Å². The Hall–Kier alpha value is -1.85. The van der Waals surface area contributed by atoms with Gasteiger partial charge in [0.1, 0.15) is 5.97 Å². The van der Waals surface area contributed by atoms with Crippen LogP contribution in [-0.4, -0.2) is 21.6 Å². The van der Waals surface area contributed by atoms with Gasteiger partial charge in [-0.25, -0.2) is 13.9 Å². The molecular weight excluding hydrogens is 212 g/mol. The summed E-state index contributed by atoms with van der Waals surface area (Å²) in [5.41, 5.74) is -0.547. The van der Waals surface area contributed by atoms with Crippen molar-refractivity contribution in [3.63, 3.8) is 0 Å². The van der Waals surface area contributed by atoms with Crippen LogP contribution in [0.15, 0.2) is 0 Å². The molecule has 0 saturated heterocycles. The third kappa shape index (κ3) is 1.66. The van der Waals surface area contributed by atoms with Gasteiger partial charge >= 0.3 is 5.97 Å². The molecule has 16 heavy (non-hydrogen) atoms. The third-order valence-corrected chi connectivity index (χ3v) is 2.55. The summed E-state index contributed by atoms with van der Waals surface area (Å²) >= 11 is 0. The highest BCUT2D eigenvalue weighted by Gasteiger charge is 2.32. The van der Waals surface area contributed by atoms with E-state index in [9.17, 15) is 14.7 Å². The Labute approximate surface area is 92.7 Å². The largest absolute Gasteiger partial charge is 0.541 e. The molecule has 0 aliphatic heterocycles. The van der Waals surface area contributed by atoms with Crippen molar-refractivity contribution in [2.75, 3.05) is 0 Å². The van der Waals surface area contributed by atoms with Gasteiger partial charge in [-0.2, -0.15) is 0 Å². The van der Waals surface area contributed by atoms with E-state index in [1.165, 1.54) is 16.2 Å². The SMILES string of the molecule is Cc1n(C(C)C)c(C(=O)[O-])c(C(=O)O)[n+]1C. The Kier molecular flexibility index (Phi) is 3.02. The number of rotatable bonds is 3. The third-order valence-electron chi connectivity index (χ3n) is 2.55. The van der Waals surface area contributed by atoms with E-state index in [-0.39, 0.29) is 17.4 Å². The number of hydrogen-bond acceptors (Lipinski definition) is 3. The van der Waals surface area contributed by atoms with Crippen LogP contribution in [0.3, 0.4) is 0 Å². The van der Waals surface area contributed by atoms with Gasteiger partial charge in [0.2, 0.25) is 5.69 Å². The van der Waals surface area contributed by atoms with Crippen LogP contribution < -0.4 is 9.67 Å². The number of carboxylic acids is 2. The lowest BCUT2D eigenvalue weighted by Crippen LogP contribution is -2.38. The zero-order chi connectivity index (χ0) is 12.6. The van der Waals surface area contributed by atoms with Crippen molar-refractivity contribution in [1.82, 2.24) is 4.57 Å². The second-order valence-electron chi connectivity index (χ2n) is 3.86. The van der Waals surface area contributed by atoms with Crippen molar-refractivity contribution in [2.45, 2.75) is 26.8 Å². The standard InChI is InChI=1S/C10H14N2O4/c1-5(2)12-6(3)11(4)7(9(13)14)8(12)10(15)16/h5H,1-4H3,(H-,13,14,15,16). The first-order chi connectivity index (χ1) is 7.29. The van der Waals surface area contributed by atoms with Gasteiger partial charge in [0.05, 0.1) is 13.1 Å². The van der Waals surface area contributed by atoms with Crippen LogP contribution in [0.25, 0.3) is 0 Å². The monoisotopic (exact) mass is 226 g/mol. The number of carbonyl (C=O) groups excluding carboxylic acids is 1. The summed E-state index contributed by atoms with van der Waals surface area (Å²) in [7, 11) is 1.52. The molecule has 0 aliphatic carbocycles. The maximum atomic E-state index is 11.0. The number of aromatic nitrogens is 2. The van der Waals surface area contributed by atoms with Crippen LogP contribution in [0.2, 0.25) is 0 Å². The number of carboxylic acid groups (broad SMARTS) is 2. The minimum absolute atomic E-state index is 0.146. The minimum atomic E-state index is -1.48. The van der Waals surface area contributed by atoms with Gasteiger partial charge in [-0.3, -0.25) is 0 Å². The van der Waals surface area contributed by atoms with Crippen molar-refractivity contribution < 1.29 is 24.4 Å². The molecule has 0 atom stereocenters. The van der Waals surface area contributed by atoms with Crippen molar-refractivity contribution in [3.05, 3.63) is 17.2 Å². The zero-order valence-corrected chi connectivity index (χ0v) is 9.64. The molecule has 0 radical (unpaired) electrons. The summed E-state index contributed by atoms with van der Waals surface area (Å²) in [6.07, 6.45) is 0. The molecule has 1 aromatic heterocycles. The number of nitrogens with zero attached hydrogens (tertiary/aromatic N) is 2. The normalized spacial score (nSPS) is 10.8. The van der Waals surface area contributed by atoms with Crippen LogP contribution in [0.4, 0.5) is 0 Å². The fourth-order valence-electron chi connectivity index (χ4n) is 1.83. The minimum Gasteiger partial charge on any atom is -0.541 e. The predicted octanol–water partition coefficient (Wildman–Crippen LogP) is -0.736. The van der Waals surface area contributed by atoms with Crippen molar-refractivity contribution in [1.29, 1.82) is 0 Å². The highest BCUT2D eigenvalue weighted by atomic mass is 16.4. The summed E-state index contributed by atoms with van der Waals surface area (Å²) in [5, 5.41) is 20.0. The number of aromatic carboxylic acids is 2. The van der Waals surface area contributed by atoms with Crippen molar-refractivity contribution >= 4 is 11.9 Å². The van der Waals surface area contributed by atoms with E-state index in [0.717, 1.165) is 0 Å². The molecule has 0 aliphatic rings. The lowest BCUT2D eigenvalue weighted by molar-refractivity contribution is -0.679. The first-order valence-electron chi connectivity index (χ1n) is 4.84. The molecule has 1 aromatic rings. The number of hydrogen-bond donors (Lipinski definition) is 1. The Morgan fingerprint density at radius 2 is 1.94 bits per heavy atom. The topological polar surface area (TPSA) is 86.2 Å². The molecule has 0 bridgehead atoms. The van der Waals surface area contributed by atoms with Gasteiger partial charge in [-0.05, 0) is 13.8 Å². The van der Waals surface area contributed by atoms with E-state index in [4.69, 9.17) is 5.11 Å². The molecule has 0 aromatic carbocycles. The Morgan fingerprint density at radius 3 is 2.25 bits per heavy atom. The van der Waals surface area contributed by atoms with Crippen LogP contribution in [-0.2, 0) is 7.05 Å². The molecule has 6 heteroatoms. The second-order valence-corrected chi connectivity index (χ2v) is 3.86. The fourth-order valence-corrected chi connectivity index (χ4v) is 1.83. The molecule has 0 unspecified atom stereocenters. The molecule has 1 N–H and O–H groups in total. The van der Waals surface area contributed by atoms with Crippen LogP contribution in [0, 0.1) is 6.92 Å². The Morgan fingerprint density at radius 1 is 1.44 bits per heavy atom. The van der Waals surface area contributed by atoms with E-state index in [1.54, 1.807) is 20.8 Å². The summed E-state index contributed by atoms with van der Waals surface area (Å²) in [6.45, 7) is 5.23. The maximum absolute atomic E-state index is 11.0. The molecule has 0 spiro atoms. The molecule has 6 nitrogen and oxygen atoms in total. The summed E-state index contributed by atoms with van der Waals surface area (Å²) in [6, 6.07) is -0.146. The lowest BCUT2D eigenvalue weighted by Gasteiger charge is -2.07. The zero-order valence-electron chi connectivity index (χ0n) is 9.64. The molecular formula is C10H14N2O4. The fraction of sp³-hybridized carbons (Fsp3) is 0.500. The second kappa shape index (κ2) is 3.96. The summed E-state index contributed by atoms with van der Waals surface area (Å²) in [5.74, 6) is -2.19. The van der Waals surface area contributed by atoms with Gasteiger partial charge in [0.15, 0.2) is 0 Å². The van der Waals surface area contributed by atoms with Gasteiger partial charge in [-0.15, -0.1) is 0 Å². The molecule has 0 amide bonds. The van der Waals surface area contributed by atoms with E-state index < -0.39 is 11.9 Å². The molecule has 1 rings (SSSR count). The number of carbonyl (C=O) groups is 2. The predicted molar refractivity (Wildman–Crippen MR) is 52.0 cm³/mol. The van der Waals surface area contributed by atoms with Crippen LogP contribution in [0.5, 0.6) is 0 Å². The molecule has 88 valence electrons. The van der Waals surface area contributed by atoms with Gasteiger partial charge in [-0.1, -0.05) is 0 Å². The highest BCUT2D eigenvalue weighted by molar-refractivity contribution is 5.97. The van der Waals surface area contributed by atoms with E-state index in [1.807, 2.05) is 0 Å². The average molecular weight is 226 g/mol. The smallest absolute Gasteiger partial charge is 0.380 e. The first-order valence-corrected chi connectivity index (χ1v) is 4.84. The van der Waals surface area contributed by atoms with Crippen LogP contribution >= 0.6 is 0 Å². The average Bonchev–Trinajstić information content (AvgIpc) is 2.39. The van der Waals surface area contributed by atoms with Crippen molar-refractivity contribution in [2.24, 2.45) is 7.05 Å². The molecule has 0 fully saturated rings. The highest BCUT2D eigenvalue weighted by Crippen LogP contribution is 2.15. The Bertz CT molecular complexity index is 460. The van der Waals surface area contributed by atoms with E-state index in [2.05, 4.69) is 0 Å². The summed E-state index contributed by atoms with van der Waals surface area (Å²) < 4.78 is 2.78. The first kappa shape index (κ1) is 12.2. The lowest BCUT2D eigenvalue weighted by atomic mass is 10.3. The number of imidazole rings is 1. The maximum Gasteiger partial charge on any atom is 0.380 e. The van der Waals surface area contributed by atoms with Gasteiger partial charge < -0.3 is 15.0 Å². The quantitative estimate of drug-likeness (QED) is 0.688. The van der Waals surface area contributed by atoms with Crippen molar-refractivity contribution in [3.8, 4) is 0 Å². The van der Waals surface area contributed by atoms with Gasteiger partial charge in [0, 0.05) is 6.92 Å². The summed E-state index contributed by atoms with van der Waals surface area (Å²) in [4.78, 5) is 22.0. The van der Waals surface area contributed by atoms with Crippen LogP contribution in [0.1, 0.15) is 46.7 Å². The molecule has 0 saturated carbocycles. The van der Waals surface area contributed by atoms with E-state index in [0.29, 0.717) is 5.82 Å². The van der Waals surface area contributed by atoms with Gasteiger partial charge in [0.25, 0.3) is 11.5 Å².